The van der Waals surface area contributed by atoms with Crippen molar-refractivity contribution in [2.75, 3.05) is 20.1 Å². The number of amides is 1. The molecule has 1 saturated heterocycles. The summed E-state index contributed by atoms with van der Waals surface area (Å²) in [6.07, 6.45) is 6.21. The van der Waals surface area contributed by atoms with Crippen LogP contribution < -0.4 is 0 Å². The standard InChI is InChI=1S/C20H25N3O3S/c1-16-8-9-18(20(24)22(2)15-17-7-6-10-21-14-17)13-19(16)27(25,26)23-11-4-3-5-12-23/h6-10,13-14H,3-5,11-12,15H2,1-2H3. The number of piperidine rings is 1. The summed E-state index contributed by atoms with van der Waals surface area (Å²) < 4.78 is 27.6. The minimum atomic E-state index is -3.58. The lowest BCUT2D eigenvalue weighted by Crippen LogP contribution is -2.36. The molecule has 2 aromatic rings. The number of pyridine rings is 1. The minimum absolute atomic E-state index is 0.214. The Morgan fingerprint density at radius 1 is 1.19 bits per heavy atom. The van der Waals surface area contributed by atoms with Crippen LogP contribution in [0.3, 0.4) is 0 Å². The van der Waals surface area contributed by atoms with E-state index in [0.29, 0.717) is 30.8 Å². The second-order valence-electron chi connectivity index (χ2n) is 6.97. The van der Waals surface area contributed by atoms with Crippen molar-refractivity contribution in [1.29, 1.82) is 0 Å². The SMILES string of the molecule is Cc1ccc(C(=O)N(C)Cc2cccnc2)cc1S(=O)(=O)N1CCCCC1. The minimum Gasteiger partial charge on any atom is -0.337 e. The van der Waals surface area contributed by atoms with Crippen LogP contribution >= 0.6 is 0 Å². The van der Waals surface area contributed by atoms with Crippen LogP contribution in [0.15, 0.2) is 47.6 Å². The lowest BCUT2D eigenvalue weighted by Gasteiger charge is -2.27. The van der Waals surface area contributed by atoms with Crippen molar-refractivity contribution in [3.05, 3.63) is 59.4 Å². The topological polar surface area (TPSA) is 70.6 Å². The van der Waals surface area contributed by atoms with Gasteiger partial charge < -0.3 is 4.90 Å². The maximum Gasteiger partial charge on any atom is 0.253 e. The van der Waals surface area contributed by atoms with Gasteiger partial charge in [-0.2, -0.15) is 4.31 Å². The highest BCUT2D eigenvalue weighted by atomic mass is 32.2. The van der Waals surface area contributed by atoms with E-state index in [4.69, 9.17) is 0 Å². The van der Waals surface area contributed by atoms with Crippen molar-refractivity contribution in [2.24, 2.45) is 0 Å². The second-order valence-corrected chi connectivity index (χ2v) is 8.87. The molecule has 0 unspecified atom stereocenters. The van der Waals surface area contributed by atoms with Crippen molar-refractivity contribution < 1.29 is 13.2 Å². The van der Waals surface area contributed by atoms with Crippen LogP contribution in [0.5, 0.6) is 0 Å². The molecule has 1 amide bonds. The molecule has 144 valence electrons. The fourth-order valence-corrected chi connectivity index (χ4v) is 5.08. The molecule has 1 aromatic heterocycles. The molecule has 7 heteroatoms. The van der Waals surface area contributed by atoms with Crippen LogP contribution in [-0.4, -0.2) is 48.7 Å². The van der Waals surface area contributed by atoms with E-state index < -0.39 is 10.0 Å². The van der Waals surface area contributed by atoms with E-state index in [1.54, 1.807) is 43.4 Å². The van der Waals surface area contributed by atoms with Gasteiger partial charge in [-0.25, -0.2) is 8.42 Å². The van der Waals surface area contributed by atoms with Gasteiger partial charge in [-0.3, -0.25) is 9.78 Å². The van der Waals surface area contributed by atoms with Crippen molar-refractivity contribution in [3.8, 4) is 0 Å². The van der Waals surface area contributed by atoms with E-state index in [1.165, 1.54) is 10.4 Å². The smallest absolute Gasteiger partial charge is 0.253 e. The largest absolute Gasteiger partial charge is 0.337 e. The fraction of sp³-hybridized carbons (Fsp3) is 0.400. The van der Waals surface area contributed by atoms with E-state index in [1.807, 2.05) is 12.1 Å². The third-order valence-electron chi connectivity index (χ3n) is 4.86. The molecule has 0 aliphatic carbocycles. The van der Waals surface area contributed by atoms with Gasteiger partial charge in [-0.05, 0) is 49.1 Å². The lowest BCUT2D eigenvalue weighted by atomic mass is 10.1. The number of hydrogen-bond donors (Lipinski definition) is 0. The first kappa shape index (κ1) is 19.5. The summed E-state index contributed by atoms with van der Waals surface area (Å²) in [5.41, 5.74) is 1.95. The summed E-state index contributed by atoms with van der Waals surface area (Å²) in [5.74, 6) is -0.214. The number of sulfonamides is 1. The summed E-state index contributed by atoms with van der Waals surface area (Å²) in [6, 6.07) is 8.64. The van der Waals surface area contributed by atoms with Gasteiger partial charge in [0, 0.05) is 44.6 Å². The van der Waals surface area contributed by atoms with Crippen LogP contribution in [0, 0.1) is 6.92 Å². The van der Waals surface area contributed by atoms with Gasteiger partial charge in [0.05, 0.1) is 4.90 Å². The molecule has 1 aliphatic rings. The van der Waals surface area contributed by atoms with Crippen molar-refractivity contribution >= 4 is 15.9 Å². The molecule has 0 saturated carbocycles. The first-order valence-corrected chi connectivity index (χ1v) is 10.6. The number of rotatable bonds is 5. The molecule has 3 rings (SSSR count). The van der Waals surface area contributed by atoms with E-state index in [9.17, 15) is 13.2 Å². The summed E-state index contributed by atoms with van der Waals surface area (Å²) in [6.45, 7) is 3.26. The Morgan fingerprint density at radius 2 is 1.93 bits per heavy atom. The number of benzene rings is 1. The zero-order valence-corrected chi connectivity index (χ0v) is 16.6. The Bertz CT molecular complexity index is 907. The highest BCUT2D eigenvalue weighted by Gasteiger charge is 2.28. The number of aryl methyl sites for hydroxylation is 1. The van der Waals surface area contributed by atoms with Gasteiger partial charge in [0.25, 0.3) is 5.91 Å². The molecule has 1 fully saturated rings. The quantitative estimate of drug-likeness (QED) is 0.791. The Kier molecular flexibility index (Phi) is 5.92. The predicted molar refractivity (Wildman–Crippen MR) is 104 cm³/mol. The van der Waals surface area contributed by atoms with Gasteiger partial charge in [-0.1, -0.05) is 18.6 Å². The third-order valence-corrected chi connectivity index (χ3v) is 6.90. The summed E-state index contributed by atoms with van der Waals surface area (Å²) in [5, 5.41) is 0. The highest BCUT2D eigenvalue weighted by Crippen LogP contribution is 2.25. The number of hydrogen-bond acceptors (Lipinski definition) is 4. The zero-order valence-electron chi connectivity index (χ0n) is 15.8. The van der Waals surface area contributed by atoms with Crippen LogP contribution in [0.25, 0.3) is 0 Å². The first-order valence-electron chi connectivity index (χ1n) is 9.15. The Morgan fingerprint density at radius 3 is 2.59 bits per heavy atom. The van der Waals surface area contributed by atoms with Crippen LogP contribution in [0.4, 0.5) is 0 Å². The molecule has 2 heterocycles. The normalized spacial score (nSPS) is 15.5. The monoisotopic (exact) mass is 387 g/mol. The van der Waals surface area contributed by atoms with E-state index in [-0.39, 0.29) is 10.8 Å². The predicted octanol–water partition coefficient (Wildman–Crippen LogP) is 2.84. The van der Waals surface area contributed by atoms with Gasteiger partial charge in [0.2, 0.25) is 10.0 Å². The van der Waals surface area contributed by atoms with E-state index in [2.05, 4.69) is 4.98 Å². The number of carbonyl (C=O) groups is 1. The molecular weight excluding hydrogens is 362 g/mol. The summed E-state index contributed by atoms with van der Waals surface area (Å²) in [7, 11) is -1.88. The molecule has 6 nitrogen and oxygen atoms in total. The Labute approximate surface area is 160 Å². The maximum atomic E-state index is 13.0. The van der Waals surface area contributed by atoms with Crippen molar-refractivity contribution in [3.63, 3.8) is 0 Å². The highest BCUT2D eigenvalue weighted by molar-refractivity contribution is 7.89. The summed E-state index contributed by atoms with van der Waals surface area (Å²) in [4.78, 5) is 18.7. The average molecular weight is 388 g/mol. The fourth-order valence-electron chi connectivity index (χ4n) is 3.31. The molecule has 1 aromatic carbocycles. The first-order chi connectivity index (χ1) is 12.9. The number of nitrogens with zero attached hydrogens (tertiary/aromatic N) is 3. The molecular formula is C20H25N3O3S. The average Bonchev–Trinajstić information content (AvgIpc) is 2.69. The molecule has 0 bridgehead atoms. The van der Waals surface area contributed by atoms with E-state index in [0.717, 1.165) is 24.8 Å². The zero-order chi connectivity index (χ0) is 19.4. The van der Waals surface area contributed by atoms with Crippen LogP contribution in [0.2, 0.25) is 0 Å². The van der Waals surface area contributed by atoms with Crippen LogP contribution in [0.1, 0.15) is 40.7 Å². The molecule has 0 atom stereocenters. The van der Waals surface area contributed by atoms with Gasteiger partial charge >= 0.3 is 0 Å². The van der Waals surface area contributed by atoms with Crippen LogP contribution in [-0.2, 0) is 16.6 Å². The molecule has 0 radical (unpaired) electrons. The number of aromatic nitrogens is 1. The summed E-state index contributed by atoms with van der Waals surface area (Å²) >= 11 is 0. The second kappa shape index (κ2) is 8.19. The molecule has 1 aliphatic heterocycles. The van der Waals surface area contributed by atoms with Crippen molar-refractivity contribution in [2.45, 2.75) is 37.6 Å². The Hall–Kier alpha value is -2.25. The third kappa shape index (κ3) is 4.36. The molecule has 0 spiro atoms. The van der Waals surface area contributed by atoms with Crippen molar-refractivity contribution in [1.82, 2.24) is 14.2 Å². The van der Waals surface area contributed by atoms with Gasteiger partial charge in [0.15, 0.2) is 0 Å². The maximum absolute atomic E-state index is 13.0. The lowest BCUT2D eigenvalue weighted by molar-refractivity contribution is 0.0784. The number of carbonyl (C=O) groups excluding carboxylic acids is 1. The van der Waals surface area contributed by atoms with Gasteiger partial charge in [-0.15, -0.1) is 0 Å². The Balaban J connectivity index is 1.85. The molecule has 0 N–H and O–H groups in total. The van der Waals surface area contributed by atoms with E-state index >= 15 is 0 Å². The van der Waals surface area contributed by atoms with Gasteiger partial charge in [0.1, 0.15) is 0 Å². The molecule has 27 heavy (non-hydrogen) atoms.